The zero-order valence-corrected chi connectivity index (χ0v) is 18.2. The summed E-state index contributed by atoms with van der Waals surface area (Å²) in [6.45, 7) is 5.10. The molecule has 2 aromatic heterocycles. The quantitative estimate of drug-likeness (QED) is 0.221. The van der Waals surface area contributed by atoms with Gasteiger partial charge in [0.15, 0.2) is 5.70 Å². The Morgan fingerprint density at radius 3 is 2.43 bits per heavy atom. The van der Waals surface area contributed by atoms with E-state index in [0.29, 0.717) is 11.1 Å². The van der Waals surface area contributed by atoms with Crippen molar-refractivity contribution in [3.63, 3.8) is 0 Å². The normalized spacial score (nSPS) is 12.8. The SMILES string of the molecule is C=NN(/C(=C(\C)C(=O)Nc1cnc(C)c(C(F)(F)F)c1)C(F)(F)F)c1cccc2c(=O)[nH]ccc12. The van der Waals surface area contributed by atoms with Crippen molar-refractivity contribution in [1.82, 2.24) is 9.97 Å². The number of hydrazone groups is 1. The fourth-order valence-corrected chi connectivity index (χ4v) is 3.37. The Kier molecular flexibility index (Phi) is 6.72. The molecule has 0 bridgehead atoms. The summed E-state index contributed by atoms with van der Waals surface area (Å²) in [7, 11) is 0. The minimum Gasteiger partial charge on any atom is -0.329 e. The Morgan fingerprint density at radius 2 is 1.83 bits per heavy atom. The van der Waals surface area contributed by atoms with E-state index >= 15 is 0 Å². The lowest BCUT2D eigenvalue weighted by Crippen LogP contribution is -2.32. The maximum atomic E-state index is 14.1. The van der Waals surface area contributed by atoms with Crippen LogP contribution in [0.3, 0.4) is 0 Å². The molecule has 3 aromatic rings. The molecule has 0 fully saturated rings. The second-order valence-corrected chi connectivity index (χ2v) is 7.28. The van der Waals surface area contributed by atoms with Crippen molar-refractivity contribution in [2.75, 3.05) is 10.3 Å². The molecule has 2 N–H and O–H groups in total. The molecule has 0 aliphatic heterocycles. The third-order valence-corrected chi connectivity index (χ3v) is 4.99. The molecule has 1 amide bonds. The van der Waals surface area contributed by atoms with Crippen LogP contribution < -0.4 is 15.9 Å². The molecular weight excluding hydrogens is 480 g/mol. The summed E-state index contributed by atoms with van der Waals surface area (Å²) < 4.78 is 81.9. The first-order valence-electron chi connectivity index (χ1n) is 9.76. The predicted octanol–water partition coefficient (Wildman–Crippen LogP) is 5.15. The van der Waals surface area contributed by atoms with Crippen LogP contribution in [-0.4, -0.2) is 28.8 Å². The molecule has 3 rings (SSSR count). The molecule has 1 aromatic carbocycles. The number of rotatable bonds is 5. The Bertz CT molecular complexity index is 1390. The number of carbonyl (C=O) groups excluding carboxylic acids is 1. The summed E-state index contributed by atoms with van der Waals surface area (Å²) in [4.78, 5) is 30.7. The van der Waals surface area contributed by atoms with Gasteiger partial charge in [-0.05, 0) is 38.1 Å². The van der Waals surface area contributed by atoms with E-state index in [1.807, 2.05) is 5.32 Å². The van der Waals surface area contributed by atoms with Crippen molar-refractivity contribution >= 4 is 34.8 Å². The Balaban J connectivity index is 2.12. The van der Waals surface area contributed by atoms with Crippen LogP contribution in [0.2, 0.25) is 0 Å². The maximum absolute atomic E-state index is 14.1. The summed E-state index contributed by atoms with van der Waals surface area (Å²) in [6.07, 6.45) is -7.80. The zero-order valence-electron chi connectivity index (χ0n) is 18.2. The van der Waals surface area contributed by atoms with Crippen LogP contribution >= 0.6 is 0 Å². The number of amides is 1. The number of nitrogens with zero attached hydrogens (tertiary/aromatic N) is 3. The summed E-state index contributed by atoms with van der Waals surface area (Å²) in [5.74, 6) is -1.34. The van der Waals surface area contributed by atoms with E-state index in [2.05, 4.69) is 21.8 Å². The molecule has 0 unspecified atom stereocenters. The number of H-pyrrole nitrogens is 1. The zero-order chi connectivity index (χ0) is 26.1. The number of benzene rings is 1. The second kappa shape index (κ2) is 9.24. The first-order valence-corrected chi connectivity index (χ1v) is 9.76. The molecule has 13 heteroatoms. The van der Waals surface area contributed by atoms with Crippen molar-refractivity contribution in [2.24, 2.45) is 5.10 Å². The highest BCUT2D eigenvalue weighted by Gasteiger charge is 2.42. The smallest absolute Gasteiger partial charge is 0.329 e. The van der Waals surface area contributed by atoms with Crippen LogP contribution in [-0.2, 0) is 11.0 Å². The number of aromatic amines is 1. The van der Waals surface area contributed by atoms with Crippen molar-refractivity contribution in [2.45, 2.75) is 26.2 Å². The number of anilines is 2. The number of aromatic nitrogens is 2. The first-order chi connectivity index (χ1) is 16.3. The third kappa shape index (κ3) is 5.18. The lowest BCUT2D eigenvalue weighted by molar-refractivity contribution is -0.138. The van der Waals surface area contributed by atoms with Crippen molar-refractivity contribution in [3.8, 4) is 0 Å². The number of hydrogen-bond donors (Lipinski definition) is 2. The van der Waals surface area contributed by atoms with Crippen LogP contribution in [0.25, 0.3) is 10.8 Å². The maximum Gasteiger partial charge on any atom is 0.433 e. The van der Waals surface area contributed by atoms with Gasteiger partial charge in [0.05, 0.1) is 23.1 Å². The van der Waals surface area contributed by atoms with Crippen LogP contribution in [0.15, 0.2) is 63.9 Å². The van der Waals surface area contributed by atoms with Gasteiger partial charge in [0.25, 0.3) is 11.5 Å². The van der Waals surface area contributed by atoms with Gasteiger partial charge in [0.2, 0.25) is 0 Å². The number of pyridine rings is 2. The molecule has 7 nitrogen and oxygen atoms in total. The minimum absolute atomic E-state index is 0.0627. The fourth-order valence-electron chi connectivity index (χ4n) is 3.37. The number of halogens is 6. The van der Waals surface area contributed by atoms with Crippen LogP contribution in [0.4, 0.5) is 37.7 Å². The largest absolute Gasteiger partial charge is 0.433 e. The van der Waals surface area contributed by atoms with Crippen molar-refractivity contribution in [1.29, 1.82) is 0 Å². The van der Waals surface area contributed by atoms with E-state index < -0.39 is 46.3 Å². The summed E-state index contributed by atoms with van der Waals surface area (Å²) in [5, 5.41) is 5.94. The topological polar surface area (TPSA) is 90.4 Å². The number of allylic oxidation sites excluding steroid dienone is 1. The molecule has 0 radical (unpaired) electrons. The summed E-state index contributed by atoms with van der Waals surface area (Å²) in [6, 6.07) is 5.88. The fraction of sp³-hybridized carbons (Fsp3) is 0.182. The van der Waals surface area contributed by atoms with E-state index in [0.717, 1.165) is 20.0 Å². The van der Waals surface area contributed by atoms with Crippen molar-refractivity contribution in [3.05, 3.63) is 75.6 Å². The van der Waals surface area contributed by atoms with Gasteiger partial charge >= 0.3 is 12.4 Å². The summed E-state index contributed by atoms with van der Waals surface area (Å²) >= 11 is 0. The molecule has 2 heterocycles. The van der Waals surface area contributed by atoms with Gasteiger partial charge in [-0.25, -0.2) is 5.01 Å². The van der Waals surface area contributed by atoms with E-state index in [4.69, 9.17) is 0 Å². The number of fused-ring (bicyclic) bond motifs is 1. The number of carbonyl (C=O) groups is 1. The predicted molar refractivity (Wildman–Crippen MR) is 118 cm³/mol. The van der Waals surface area contributed by atoms with Crippen molar-refractivity contribution < 1.29 is 31.1 Å². The van der Waals surface area contributed by atoms with E-state index in [9.17, 15) is 35.9 Å². The van der Waals surface area contributed by atoms with Gasteiger partial charge < -0.3 is 10.3 Å². The standard InChI is InChI=1S/C22H17F6N5O2/c1-11(19(34)32-13-9-16(21(23,24)25)12(2)31-10-13)18(22(26,27)28)33(29-3)17-6-4-5-15-14(17)7-8-30-20(15)35/h4-10H,3H2,1-2H3,(H,30,35)(H,32,34)/b18-11+. The first kappa shape index (κ1) is 25.5. The number of alkyl halides is 6. The van der Waals surface area contributed by atoms with E-state index in [1.165, 1.54) is 30.5 Å². The Hall–Kier alpha value is -4.16. The Morgan fingerprint density at radius 1 is 1.14 bits per heavy atom. The molecule has 0 spiro atoms. The van der Waals surface area contributed by atoms with Gasteiger partial charge in [0, 0.05) is 35.0 Å². The molecule has 35 heavy (non-hydrogen) atoms. The van der Waals surface area contributed by atoms with E-state index in [-0.39, 0.29) is 22.2 Å². The van der Waals surface area contributed by atoms with Gasteiger partial charge in [0.1, 0.15) is 0 Å². The van der Waals surface area contributed by atoms with E-state index in [1.54, 1.807) is 0 Å². The van der Waals surface area contributed by atoms with Gasteiger partial charge in [-0.1, -0.05) is 6.07 Å². The molecular formula is C22H17F6N5O2. The second-order valence-electron chi connectivity index (χ2n) is 7.28. The van der Waals surface area contributed by atoms with Gasteiger partial charge in [-0.3, -0.25) is 14.6 Å². The average Bonchev–Trinajstić information content (AvgIpc) is 2.76. The van der Waals surface area contributed by atoms with Crippen LogP contribution in [0.5, 0.6) is 0 Å². The lowest BCUT2D eigenvalue weighted by Gasteiger charge is -2.26. The number of hydrogen-bond acceptors (Lipinski definition) is 5. The number of nitrogens with one attached hydrogen (secondary N) is 2. The highest BCUT2D eigenvalue weighted by molar-refractivity contribution is 6.05. The summed E-state index contributed by atoms with van der Waals surface area (Å²) in [5.41, 5.74) is -5.19. The highest BCUT2D eigenvalue weighted by Crippen LogP contribution is 2.38. The lowest BCUT2D eigenvalue weighted by atomic mass is 10.1. The van der Waals surface area contributed by atoms with Crippen LogP contribution in [0.1, 0.15) is 18.2 Å². The minimum atomic E-state index is -5.14. The molecule has 184 valence electrons. The Labute approximate surface area is 193 Å². The van der Waals surface area contributed by atoms with Gasteiger partial charge in [-0.2, -0.15) is 31.4 Å². The molecule has 0 atom stereocenters. The molecule has 0 saturated carbocycles. The number of aryl methyl sites for hydroxylation is 1. The van der Waals surface area contributed by atoms with Gasteiger partial charge in [-0.15, -0.1) is 0 Å². The average molecular weight is 497 g/mol. The molecule has 0 aliphatic rings. The molecule has 0 aliphatic carbocycles. The third-order valence-electron chi connectivity index (χ3n) is 4.99. The van der Waals surface area contributed by atoms with Crippen LogP contribution in [0, 0.1) is 6.92 Å². The monoisotopic (exact) mass is 497 g/mol. The molecule has 0 saturated heterocycles. The highest BCUT2D eigenvalue weighted by atomic mass is 19.4.